The van der Waals surface area contributed by atoms with Crippen LogP contribution in [-0.4, -0.2) is 29.1 Å². The van der Waals surface area contributed by atoms with Gasteiger partial charge >= 0.3 is 6.03 Å². The summed E-state index contributed by atoms with van der Waals surface area (Å²) in [6.07, 6.45) is 0.754. The van der Waals surface area contributed by atoms with Crippen LogP contribution < -0.4 is 4.90 Å². The van der Waals surface area contributed by atoms with Crippen molar-refractivity contribution in [1.82, 2.24) is 10.0 Å². The van der Waals surface area contributed by atoms with E-state index in [0.29, 0.717) is 0 Å². The van der Waals surface area contributed by atoms with Crippen molar-refractivity contribution >= 4 is 11.7 Å². The van der Waals surface area contributed by atoms with Crippen molar-refractivity contribution in [3.63, 3.8) is 0 Å². The average Bonchev–Trinajstić information content (AvgIpc) is 3.12. The van der Waals surface area contributed by atoms with E-state index in [1.807, 2.05) is 30.3 Å². The van der Waals surface area contributed by atoms with Gasteiger partial charge in [0.15, 0.2) is 0 Å². The molecule has 2 aliphatic rings. The number of nitrogens with zero attached hydrogens (tertiary/aromatic N) is 3. The first kappa shape index (κ1) is 13.3. The van der Waals surface area contributed by atoms with E-state index in [0.717, 1.165) is 30.8 Å². The fraction of sp³-hybridized carbons (Fsp3) is 0.235. The van der Waals surface area contributed by atoms with Gasteiger partial charge in [0, 0.05) is 18.8 Å². The van der Waals surface area contributed by atoms with Gasteiger partial charge in [0.1, 0.15) is 12.0 Å². The first-order chi connectivity index (χ1) is 10.8. The van der Waals surface area contributed by atoms with Gasteiger partial charge in [0.25, 0.3) is 0 Å². The number of hydrazine groups is 1. The van der Waals surface area contributed by atoms with E-state index >= 15 is 0 Å². The third kappa shape index (κ3) is 1.97. The third-order valence-corrected chi connectivity index (χ3v) is 4.22. The summed E-state index contributed by atoms with van der Waals surface area (Å²) in [7, 11) is 0. The second-order valence-corrected chi connectivity index (χ2v) is 5.55. The number of hydrogen-bond donors (Lipinski definition) is 0. The molecular weight excluding hydrogens is 281 g/mol. The van der Waals surface area contributed by atoms with E-state index in [2.05, 4.69) is 5.01 Å². The summed E-state index contributed by atoms with van der Waals surface area (Å²) >= 11 is 0. The molecule has 2 saturated heterocycles. The van der Waals surface area contributed by atoms with Crippen molar-refractivity contribution in [2.75, 3.05) is 18.0 Å². The lowest BCUT2D eigenvalue weighted by atomic mass is 10.1. The van der Waals surface area contributed by atoms with Crippen LogP contribution >= 0.6 is 0 Å². The highest BCUT2D eigenvalue weighted by atomic mass is 19.1. The molecule has 0 aromatic heterocycles. The largest absolute Gasteiger partial charge is 0.340 e. The zero-order chi connectivity index (χ0) is 15.1. The standard InChI is InChI=1S/C17H16FN3O/c18-14-9-7-13(8-10-14)16-19-11-4-12-20(19)17(22)21(16)15-5-2-1-3-6-15/h1-3,5-10,16H,4,11-12H2. The molecule has 2 heterocycles. The monoisotopic (exact) mass is 297 g/mol. The number of fused-ring (bicyclic) bond motifs is 1. The zero-order valence-corrected chi connectivity index (χ0v) is 12.0. The first-order valence-electron chi connectivity index (χ1n) is 7.43. The molecule has 2 aromatic rings. The molecule has 0 bridgehead atoms. The average molecular weight is 297 g/mol. The summed E-state index contributed by atoms with van der Waals surface area (Å²) in [6, 6.07) is 16.0. The van der Waals surface area contributed by atoms with E-state index in [-0.39, 0.29) is 18.0 Å². The summed E-state index contributed by atoms with van der Waals surface area (Å²) in [5.41, 5.74) is 1.78. The van der Waals surface area contributed by atoms with Crippen LogP contribution in [0.25, 0.3) is 0 Å². The third-order valence-electron chi connectivity index (χ3n) is 4.22. The Kier molecular flexibility index (Phi) is 3.08. The van der Waals surface area contributed by atoms with Crippen LogP contribution in [0.2, 0.25) is 0 Å². The van der Waals surface area contributed by atoms with Gasteiger partial charge in [-0.2, -0.15) is 5.01 Å². The molecule has 4 nitrogen and oxygen atoms in total. The smallest absolute Gasteiger partial charge is 0.271 e. The minimum atomic E-state index is -0.266. The molecule has 22 heavy (non-hydrogen) atoms. The van der Waals surface area contributed by atoms with Gasteiger partial charge in [0.2, 0.25) is 0 Å². The summed E-state index contributed by atoms with van der Waals surface area (Å²) < 4.78 is 13.2. The molecule has 0 saturated carbocycles. The molecule has 0 aliphatic carbocycles. The summed E-state index contributed by atoms with van der Waals surface area (Å²) in [5, 5.41) is 3.86. The second kappa shape index (κ2) is 5.10. The van der Waals surface area contributed by atoms with Crippen molar-refractivity contribution in [2.24, 2.45) is 0 Å². The molecule has 2 amide bonds. The van der Waals surface area contributed by atoms with Gasteiger partial charge in [0.05, 0.1) is 0 Å². The van der Waals surface area contributed by atoms with Crippen molar-refractivity contribution in [1.29, 1.82) is 0 Å². The maximum Gasteiger partial charge on any atom is 0.340 e. The van der Waals surface area contributed by atoms with Crippen LogP contribution in [0.3, 0.4) is 0 Å². The Hall–Kier alpha value is -2.40. The predicted molar refractivity (Wildman–Crippen MR) is 81.5 cm³/mol. The molecule has 0 spiro atoms. The van der Waals surface area contributed by atoms with Crippen LogP contribution in [-0.2, 0) is 0 Å². The lowest BCUT2D eigenvalue weighted by Gasteiger charge is -2.27. The molecule has 112 valence electrons. The summed E-state index contributed by atoms with van der Waals surface area (Å²) in [4.78, 5) is 14.6. The number of para-hydroxylation sites is 1. The van der Waals surface area contributed by atoms with Crippen LogP contribution in [0.5, 0.6) is 0 Å². The summed E-state index contributed by atoms with van der Waals surface area (Å²) in [5.74, 6) is -0.266. The van der Waals surface area contributed by atoms with Crippen molar-refractivity contribution in [3.8, 4) is 0 Å². The number of anilines is 1. The van der Waals surface area contributed by atoms with E-state index in [9.17, 15) is 9.18 Å². The number of urea groups is 1. The van der Waals surface area contributed by atoms with E-state index in [4.69, 9.17) is 0 Å². The van der Waals surface area contributed by atoms with Gasteiger partial charge in [-0.25, -0.2) is 9.18 Å². The molecular formula is C17H16FN3O. The molecule has 2 fully saturated rings. The van der Waals surface area contributed by atoms with E-state index < -0.39 is 0 Å². The maximum absolute atomic E-state index is 13.2. The molecule has 1 atom stereocenters. The van der Waals surface area contributed by atoms with Crippen LogP contribution in [0, 0.1) is 5.82 Å². The highest BCUT2D eigenvalue weighted by molar-refractivity contribution is 5.94. The van der Waals surface area contributed by atoms with E-state index in [1.54, 1.807) is 22.0 Å². The Morgan fingerprint density at radius 1 is 0.955 bits per heavy atom. The lowest BCUT2D eigenvalue weighted by Crippen LogP contribution is -2.32. The van der Waals surface area contributed by atoms with Crippen LogP contribution in [0.4, 0.5) is 14.9 Å². The molecule has 2 aromatic carbocycles. The molecule has 0 radical (unpaired) electrons. The fourth-order valence-corrected chi connectivity index (χ4v) is 3.25. The lowest BCUT2D eigenvalue weighted by molar-refractivity contribution is 0.0727. The predicted octanol–water partition coefficient (Wildman–Crippen LogP) is 3.39. The van der Waals surface area contributed by atoms with Crippen LogP contribution in [0.15, 0.2) is 54.6 Å². The van der Waals surface area contributed by atoms with Crippen LogP contribution in [0.1, 0.15) is 18.2 Å². The fourth-order valence-electron chi connectivity index (χ4n) is 3.25. The topological polar surface area (TPSA) is 26.8 Å². The van der Waals surface area contributed by atoms with E-state index in [1.165, 1.54) is 12.1 Å². The minimum absolute atomic E-state index is 0.0157. The SMILES string of the molecule is O=C1N(c2ccccc2)C(c2ccc(F)cc2)N2CCCN12. The normalized spacial score (nSPS) is 21.5. The number of carbonyl (C=O) groups excluding carboxylic acids is 1. The Balaban J connectivity index is 1.80. The van der Waals surface area contributed by atoms with Gasteiger partial charge in [-0.05, 0) is 36.2 Å². The molecule has 4 rings (SSSR count). The van der Waals surface area contributed by atoms with Gasteiger partial charge in [-0.3, -0.25) is 9.91 Å². The Morgan fingerprint density at radius 3 is 2.41 bits per heavy atom. The number of halogens is 1. The Labute approximate surface area is 128 Å². The van der Waals surface area contributed by atoms with Crippen molar-refractivity contribution in [3.05, 3.63) is 66.0 Å². The Morgan fingerprint density at radius 2 is 1.68 bits per heavy atom. The molecule has 0 N–H and O–H groups in total. The molecule has 2 aliphatic heterocycles. The van der Waals surface area contributed by atoms with Gasteiger partial charge in [-0.1, -0.05) is 30.3 Å². The zero-order valence-electron chi connectivity index (χ0n) is 12.0. The number of rotatable bonds is 2. The highest BCUT2D eigenvalue weighted by Crippen LogP contribution is 2.40. The number of carbonyl (C=O) groups is 1. The number of amides is 2. The second-order valence-electron chi connectivity index (χ2n) is 5.55. The number of hydrogen-bond acceptors (Lipinski definition) is 2. The van der Waals surface area contributed by atoms with Gasteiger partial charge in [-0.15, -0.1) is 0 Å². The van der Waals surface area contributed by atoms with Crippen molar-refractivity contribution in [2.45, 2.75) is 12.6 Å². The maximum atomic E-state index is 13.2. The Bertz CT molecular complexity index is 689. The highest BCUT2D eigenvalue weighted by Gasteiger charge is 2.47. The first-order valence-corrected chi connectivity index (χ1v) is 7.43. The summed E-state index contributed by atoms with van der Waals surface area (Å²) in [6.45, 7) is 1.57. The minimum Gasteiger partial charge on any atom is -0.271 e. The van der Waals surface area contributed by atoms with Gasteiger partial charge < -0.3 is 0 Å². The quantitative estimate of drug-likeness (QED) is 0.849. The number of benzene rings is 2. The molecule has 1 unspecified atom stereocenters. The molecule has 5 heteroatoms. The van der Waals surface area contributed by atoms with Crippen molar-refractivity contribution < 1.29 is 9.18 Å².